The Morgan fingerprint density at radius 1 is 1.27 bits per heavy atom. The standard InChI is InChI=1S/C7H4Cl3NO3S/c8-3-1-4(7(11)12)6(9)5(2-3)15(10,13)14/h1-2H,(H2,11,12). The summed E-state index contributed by atoms with van der Waals surface area (Å²) in [4.78, 5) is 10.5. The minimum atomic E-state index is -4.06. The fraction of sp³-hybridized carbons (Fsp3) is 0. The van der Waals surface area contributed by atoms with Gasteiger partial charge in [0.05, 0.1) is 10.6 Å². The molecule has 1 rings (SSSR count). The number of amides is 1. The normalized spacial score (nSPS) is 11.4. The molecule has 82 valence electrons. The molecule has 0 aliphatic rings. The van der Waals surface area contributed by atoms with Crippen LogP contribution in [-0.4, -0.2) is 14.3 Å². The maximum absolute atomic E-state index is 11.1. The van der Waals surface area contributed by atoms with Gasteiger partial charge in [0.15, 0.2) is 0 Å². The molecule has 0 aliphatic carbocycles. The second-order valence-electron chi connectivity index (χ2n) is 2.57. The lowest BCUT2D eigenvalue weighted by atomic mass is 10.2. The molecule has 0 saturated heterocycles. The Kier molecular flexibility index (Phi) is 3.50. The van der Waals surface area contributed by atoms with E-state index in [1.54, 1.807) is 0 Å². The Morgan fingerprint density at radius 2 is 1.80 bits per heavy atom. The van der Waals surface area contributed by atoms with Crippen LogP contribution in [0.25, 0.3) is 0 Å². The van der Waals surface area contributed by atoms with Crippen LogP contribution in [0.5, 0.6) is 0 Å². The van der Waals surface area contributed by atoms with E-state index in [1.165, 1.54) is 0 Å². The van der Waals surface area contributed by atoms with E-state index in [-0.39, 0.29) is 15.6 Å². The van der Waals surface area contributed by atoms with E-state index >= 15 is 0 Å². The summed E-state index contributed by atoms with van der Waals surface area (Å²) in [6, 6.07) is 2.20. The van der Waals surface area contributed by atoms with Crippen LogP contribution in [0.1, 0.15) is 10.4 Å². The van der Waals surface area contributed by atoms with E-state index in [2.05, 4.69) is 0 Å². The van der Waals surface area contributed by atoms with Crippen molar-refractivity contribution in [2.75, 3.05) is 0 Å². The monoisotopic (exact) mass is 287 g/mol. The quantitative estimate of drug-likeness (QED) is 0.846. The van der Waals surface area contributed by atoms with Crippen LogP contribution in [0.2, 0.25) is 10.0 Å². The van der Waals surface area contributed by atoms with Crippen LogP contribution in [0, 0.1) is 0 Å². The predicted molar refractivity (Wildman–Crippen MR) is 58.0 cm³/mol. The fourth-order valence-corrected chi connectivity index (χ4v) is 2.79. The van der Waals surface area contributed by atoms with Crippen molar-refractivity contribution >= 4 is 48.8 Å². The Balaban J connectivity index is 3.63. The molecule has 0 radical (unpaired) electrons. The number of primary amides is 1. The van der Waals surface area contributed by atoms with Crippen LogP contribution in [0.4, 0.5) is 0 Å². The molecular formula is C7H4Cl3NO3S. The third-order valence-corrected chi connectivity index (χ3v) is 3.62. The maximum Gasteiger partial charge on any atom is 0.262 e. The van der Waals surface area contributed by atoms with Gasteiger partial charge in [-0.1, -0.05) is 23.2 Å². The van der Waals surface area contributed by atoms with Crippen molar-refractivity contribution in [3.63, 3.8) is 0 Å². The molecule has 1 aromatic rings. The van der Waals surface area contributed by atoms with Gasteiger partial charge in [-0.2, -0.15) is 0 Å². The molecule has 0 aromatic heterocycles. The number of carbonyl (C=O) groups excluding carboxylic acids is 1. The molecule has 0 bridgehead atoms. The van der Waals surface area contributed by atoms with Gasteiger partial charge in [-0.3, -0.25) is 4.79 Å². The first-order chi connectivity index (χ1) is 6.73. The molecule has 15 heavy (non-hydrogen) atoms. The molecule has 1 amide bonds. The first-order valence-corrected chi connectivity index (χ1v) is 6.53. The van der Waals surface area contributed by atoms with E-state index in [9.17, 15) is 13.2 Å². The van der Waals surface area contributed by atoms with Gasteiger partial charge in [-0.15, -0.1) is 0 Å². The zero-order valence-corrected chi connectivity index (χ0v) is 10.1. The summed E-state index contributed by atoms with van der Waals surface area (Å²) in [5, 5.41) is -0.325. The average molecular weight is 289 g/mol. The second-order valence-corrected chi connectivity index (χ2v) is 5.92. The van der Waals surface area contributed by atoms with Gasteiger partial charge in [0.1, 0.15) is 4.90 Å². The van der Waals surface area contributed by atoms with Crippen LogP contribution in [-0.2, 0) is 9.05 Å². The highest BCUT2D eigenvalue weighted by Crippen LogP contribution is 2.31. The van der Waals surface area contributed by atoms with Crippen LogP contribution in [0.3, 0.4) is 0 Å². The van der Waals surface area contributed by atoms with Crippen molar-refractivity contribution < 1.29 is 13.2 Å². The van der Waals surface area contributed by atoms with Crippen molar-refractivity contribution in [2.45, 2.75) is 4.90 Å². The highest BCUT2D eigenvalue weighted by molar-refractivity contribution is 8.13. The molecule has 0 unspecified atom stereocenters. The van der Waals surface area contributed by atoms with Crippen molar-refractivity contribution in [2.24, 2.45) is 5.73 Å². The Morgan fingerprint density at radius 3 is 2.20 bits per heavy atom. The number of rotatable bonds is 2. The molecule has 4 nitrogen and oxygen atoms in total. The first kappa shape index (κ1) is 12.6. The molecule has 0 heterocycles. The highest BCUT2D eigenvalue weighted by atomic mass is 35.7. The summed E-state index contributed by atoms with van der Waals surface area (Å²) < 4.78 is 22.1. The third-order valence-electron chi connectivity index (χ3n) is 1.53. The molecule has 0 saturated carbocycles. The molecule has 0 aliphatic heterocycles. The average Bonchev–Trinajstić information content (AvgIpc) is 2.06. The van der Waals surface area contributed by atoms with Gasteiger partial charge < -0.3 is 5.73 Å². The number of hydrogen-bond donors (Lipinski definition) is 1. The summed E-state index contributed by atoms with van der Waals surface area (Å²) in [6.07, 6.45) is 0. The molecule has 1 aromatic carbocycles. The summed E-state index contributed by atoms with van der Waals surface area (Å²) >= 11 is 11.2. The number of hydrogen-bond acceptors (Lipinski definition) is 3. The van der Waals surface area contributed by atoms with Gasteiger partial charge in [-0.25, -0.2) is 8.42 Å². The van der Waals surface area contributed by atoms with Crippen LogP contribution < -0.4 is 5.73 Å². The SMILES string of the molecule is NC(=O)c1cc(Cl)cc(S(=O)(=O)Cl)c1Cl. The predicted octanol–water partition coefficient (Wildman–Crippen LogP) is 2.02. The van der Waals surface area contributed by atoms with E-state index in [4.69, 9.17) is 39.6 Å². The fourth-order valence-electron chi connectivity index (χ4n) is 0.921. The highest BCUT2D eigenvalue weighted by Gasteiger charge is 2.20. The number of halogens is 3. The smallest absolute Gasteiger partial charge is 0.262 e. The minimum absolute atomic E-state index is 0.00688. The zero-order valence-electron chi connectivity index (χ0n) is 7.00. The summed E-state index contributed by atoms with van der Waals surface area (Å²) in [6.45, 7) is 0. The summed E-state index contributed by atoms with van der Waals surface area (Å²) in [5.41, 5.74) is 4.78. The molecule has 0 fully saturated rings. The van der Waals surface area contributed by atoms with Crippen molar-refractivity contribution in [1.29, 1.82) is 0 Å². The lowest BCUT2D eigenvalue weighted by molar-refractivity contribution is 0.1000. The topological polar surface area (TPSA) is 77.2 Å². The van der Waals surface area contributed by atoms with E-state index in [0.717, 1.165) is 12.1 Å². The van der Waals surface area contributed by atoms with Gasteiger partial charge in [0, 0.05) is 15.7 Å². The number of benzene rings is 1. The first-order valence-electron chi connectivity index (χ1n) is 3.47. The number of carbonyl (C=O) groups is 1. The lowest BCUT2D eigenvalue weighted by Crippen LogP contribution is -2.12. The molecular weight excluding hydrogens is 285 g/mol. The summed E-state index contributed by atoms with van der Waals surface area (Å²) in [5.74, 6) is -0.885. The van der Waals surface area contributed by atoms with Gasteiger partial charge in [0.25, 0.3) is 9.05 Å². The van der Waals surface area contributed by atoms with E-state index in [0.29, 0.717) is 0 Å². The van der Waals surface area contributed by atoms with Gasteiger partial charge in [-0.05, 0) is 12.1 Å². The Bertz CT molecular complexity index is 527. The Hall–Kier alpha value is -0.490. The zero-order chi connectivity index (χ0) is 11.8. The third kappa shape index (κ3) is 2.75. The lowest BCUT2D eigenvalue weighted by Gasteiger charge is -2.05. The van der Waals surface area contributed by atoms with Crippen LogP contribution in [0.15, 0.2) is 17.0 Å². The van der Waals surface area contributed by atoms with Gasteiger partial charge in [0.2, 0.25) is 5.91 Å². The van der Waals surface area contributed by atoms with Crippen molar-refractivity contribution in [1.82, 2.24) is 0 Å². The van der Waals surface area contributed by atoms with E-state index in [1.807, 2.05) is 0 Å². The second kappa shape index (κ2) is 4.17. The molecule has 0 spiro atoms. The summed E-state index contributed by atoms with van der Waals surface area (Å²) in [7, 11) is 1.03. The van der Waals surface area contributed by atoms with Crippen LogP contribution >= 0.6 is 33.9 Å². The largest absolute Gasteiger partial charge is 0.366 e. The maximum atomic E-state index is 11.1. The van der Waals surface area contributed by atoms with Crippen molar-refractivity contribution in [3.8, 4) is 0 Å². The Labute approximate surface area is 100 Å². The van der Waals surface area contributed by atoms with Crippen molar-refractivity contribution in [3.05, 3.63) is 27.7 Å². The number of nitrogens with two attached hydrogens (primary N) is 1. The van der Waals surface area contributed by atoms with E-state index < -0.39 is 19.9 Å². The molecule has 0 atom stereocenters. The van der Waals surface area contributed by atoms with Gasteiger partial charge >= 0.3 is 0 Å². The minimum Gasteiger partial charge on any atom is -0.366 e. The molecule has 8 heteroatoms. The molecule has 2 N–H and O–H groups in total.